The van der Waals surface area contributed by atoms with Crippen LogP contribution in [-0.4, -0.2) is 37.9 Å². The van der Waals surface area contributed by atoms with Crippen LogP contribution in [0.3, 0.4) is 0 Å². The van der Waals surface area contributed by atoms with Gasteiger partial charge in [-0.2, -0.15) is 0 Å². The monoisotopic (exact) mass is 401 g/mol. The first-order valence-electron chi connectivity index (χ1n) is 9.80. The van der Waals surface area contributed by atoms with E-state index in [1.165, 1.54) is 0 Å². The van der Waals surface area contributed by atoms with E-state index in [2.05, 4.69) is 0 Å². The van der Waals surface area contributed by atoms with E-state index < -0.39 is 5.54 Å². The number of amides is 1. The molecule has 1 amide bonds. The summed E-state index contributed by atoms with van der Waals surface area (Å²) in [5.41, 5.74) is 1.71. The number of carbonyl (C=O) groups is 2. The first-order valence-corrected chi connectivity index (χ1v) is 9.80. The molecule has 0 N–H and O–H groups in total. The van der Waals surface area contributed by atoms with Gasteiger partial charge in [0.1, 0.15) is 5.54 Å². The molecule has 0 saturated heterocycles. The van der Waals surface area contributed by atoms with Gasteiger partial charge in [0.2, 0.25) is 0 Å². The van der Waals surface area contributed by atoms with Crippen molar-refractivity contribution in [2.24, 2.45) is 0 Å². The minimum atomic E-state index is -1.26. The molecule has 3 aromatic rings. The highest BCUT2D eigenvalue weighted by atomic mass is 16.5. The van der Waals surface area contributed by atoms with Crippen LogP contribution in [0.2, 0.25) is 0 Å². The topological polar surface area (TPSA) is 55.8 Å². The number of nitrogens with zero attached hydrogens (tertiary/aromatic N) is 1. The number of aldehydes is 1. The third-order valence-electron chi connectivity index (χ3n) is 5.70. The van der Waals surface area contributed by atoms with Crippen LogP contribution in [0.4, 0.5) is 0 Å². The van der Waals surface area contributed by atoms with Crippen molar-refractivity contribution in [3.63, 3.8) is 0 Å². The van der Waals surface area contributed by atoms with Gasteiger partial charge in [0.05, 0.1) is 14.2 Å². The molecule has 1 atom stereocenters. The molecule has 0 aromatic heterocycles. The van der Waals surface area contributed by atoms with E-state index in [0.29, 0.717) is 30.0 Å². The maximum Gasteiger partial charge on any atom is 0.255 e. The molecular weight excluding hydrogens is 378 g/mol. The Hall–Kier alpha value is -3.60. The lowest BCUT2D eigenvalue weighted by Crippen LogP contribution is -2.55. The molecule has 0 radical (unpaired) electrons. The van der Waals surface area contributed by atoms with Crippen molar-refractivity contribution in [2.45, 2.75) is 12.0 Å². The zero-order valence-corrected chi connectivity index (χ0v) is 17.0. The molecule has 30 heavy (non-hydrogen) atoms. The second-order valence-electron chi connectivity index (χ2n) is 7.19. The summed E-state index contributed by atoms with van der Waals surface area (Å²) < 4.78 is 11.0. The Kier molecular flexibility index (Phi) is 5.27. The fourth-order valence-corrected chi connectivity index (χ4v) is 4.23. The van der Waals surface area contributed by atoms with E-state index in [1.807, 2.05) is 60.7 Å². The Balaban J connectivity index is 1.98. The van der Waals surface area contributed by atoms with Crippen molar-refractivity contribution in [3.05, 3.63) is 95.1 Å². The molecule has 5 nitrogen and oxygen atoms in total. The molecule has 1 aliphatic rings. The Bertz CT molecular complexity index is 1070. The number of ether oxygens (including phenoxy) is 2. The number of hydrogen-bond acceptors (Lipinski definition) is 4. The van der Waals surface area contributed by atoms with Gasteiger partial charge in [-0.15, -0.1) is 0 Å². The molecule has 0 spiro atoms. The lowest BCUT2D eigenvalue weighted by Gasteiger charge is -2.45. The van der Waals surface area contributed by atoms with E-state index in [1.54, 1.807) is 31.3 Å². The summed E-state index contributed by atoms with van der Waals surface area (Å²) in [6.07, 6.45) is 1.48. The van der Waals surface area contributed by atoms with Crippen molar-refractivity contribution in [1.29, 1.82) is 0 Å². The van der Waals surface area contributed by atoms with Crippen molar-refractivity contribution < 1.29 is 19.1 Å². The number of methoxy groups -OCH3 is 2. The number of rotatable bonds is 5. The van der Waals surface area contributed by atoms with Gasteiger partial charge < -0.3 is 14.4 Å². The molecule has 1 heterocycles. The summed E-state index contributed by atoms with van der Waals surface area (Å²) in [6, 6.07) is 22.2. The number of hydrogen-bond donors (Lipinski definition) is 0. The van der Waals surface area contributed by atoms with E-state index in [-0.39, 0.29) is 5.91 Å². The first kappa shape index (κ1) is 19.7. The van der Waals surface area contributed by atoms with Crippen molar-refractivity contribution in [3.8, 4) is 11.5 Å². The minimum absolute atomic E-state index is 0.188. The van der Waals surface area contributed by atoms with Gasteiger partial charge in [-0.1, -0.05) is 48.5 Å². The summed E-state index contributed by atoms with van der Waals surface area (Å²) in [7, 11) is 3.15. The molecule has 0 aliphatic carbocycles. The summed E-state index contributed by atoms with van der Waals surface area (Å²) in [4.78, 5) is 28.1. The molecule has 5 heteroatoms. The molecule has 0 bridgehead atoms. The fourth-order valence-electron chi connectivity index (χ4n) is 4.23. The van der Waals surface area contributed by atoms with Crippen LogP contribution >= 0.6 is 0 Å². The third-order valence-corrected chi connectivity index (χ3v) is 5.70. The van der Waals surface area contributed by atoms with Gasteiger partial charge >= 0.3 is 0 Å². The predicted molar refractivity (Wildman–Crippen MR) is 114 cm³/mol. The predicted octanol–water partition coefficient (Wildman–Crippen LogP) is 3.84. The van der Waals surface area contributed by atoms with Crippen LogP contribution in [0, 0.1) is 0 Å². The van der Waals surface area contributed by atoms with Gasteiger partial charge in [-0.25, -0.2) is 0 Å². The van der Waals surface area contributed by atoms with Gasteiger partial charge in [0, 0.05) is 12.1 Å². The Labute approximate surface area is 175 Å². The SMILES string of the molecule is COc1cc2c(cc1OC)C(C=O)(c1ccccc1)N(C(=O)c1ccccc1)CC2. The zero-order chi connectivity index (χ0) is 21.1. The Morgan fingerprint density at radius 3 is 2.13 bits per heavy atom. The normalized spacial score (nSPS) is 17.7. The highest BCUT2D eigenvalue weighted by Gasteiger charge is 2.47. The summed E-state index contributed by atoms with van der Waals surface area (Å²) >= 11 is 0. The maximum absolute atomic E-state index is 13.5. The number of benzene rings is 3. The summed E-state index contributed by atoms with van der Waals surface area (Å²) in [6.45, 7) is 0.407. The van der Waals surface area contributed by atoms with Crippen molar-refractivity contribution >= 4 is 12.2 Å². The van der Waals surface area contributed by atoms with Crippen molar-refractivity contribution in [2.75, 3.05) is 20.8 Å². The van der Waals surface area contributed by atoms with Crippen LogP contribution in [0.1, 0.15) is 27.0 Å². The highest BCUT2D eigenvalue weighted by Crippen LogP contribution is 2.44. The fraction of sp³-hybridized carbons (Fsp3) is 0.200. The van der Waals surface area contributed by atoms with Crippen LogP contribution in [0.5, 0.6) is 11.5 Å². The number of carbonyl (C=O) groups excluding carboxylic acids is 2. The van der Waals surface area contributed by atoms with Gasteiger partial charge in [-0.3, -0.25) is 9.59 Å². The van der Waals surface area contributed by atoms with Crippen LogP contribution in [0.25, 0.3) is 0 Å². The molecule has 1 aliphatic heterocycles. The lowest BCUT2D eigenvalue weighted by molar-refractivity contribution is -0.116. The van der Waals surface area contributed by atoms with Gasteiger partial charge in [0.25, 0.3) is 5.91 Å². The van der Waals surface area contributed by atoms with Gasteiger partial charge in [0.15, 0.2) is 17.8 Å². The molecular formula is C25H23NO4. The lowest BCUT2D eigenvalue weighted by atomic mass is 9.76. The smallest absolute Gasteiger partial charge is 0.255 e. The third kappa shape index (κ3) is 3.03. The summed E-state index contributed by atoms with van der Waals surface area (Å²) in [5, 5.41) is 0. The van der Waals surface area contributed by atoms with Crippen LogP contribution in [-0.2, 0) is 16.8 Å². The molecule has 0 saturated carbocycles. The van der Waals surface area contributed by atoms with Crippen LogP contribution in [0.15, 0.2) is 72.8 Å². The van der Waals surface area contributed by atoms with Crippen LogP contribution < -0.4 is 9.47 Å². The molecule has 0 fully saturated rings. The first-order chi connectivity index (χ1) is 14.7. The average molecular weight is 401 g/mol. The highest BCUT2D eigenvalue weighted by molar-refractivity contribution is 5.98. The average Bonchev–Trinajstić information content (AvgIpc) is 2.83. The van der Waals surface area contributed by atoms with Gasteiger partial charge in [-0.05, 0) is 47.4 Å². The Morgan fingerprint density at radius 1 is 0.933 bits per heavy atom. The minimum Gasteiger partial charge on any atom is -0.493 e. The second kappa shape index (κ2) is 8.03. The summed E-state index contributed by atoms with van der Waals surface area (Å²) in [5.74, 6) is 0.936. The molecule has 4 rings (SSSR count). The zero-order valence-electron chi connectivity index (χ0n) is 17.0. The standard InChI is InChI=1S/C25H23NO4/c1-29-22-15-19-13-14-26(24(28)18-9-5-3-6-10-18)25(17-27,20-11-7-4-8-12-20)21(19)16-23(22)30-2/h3-12,15-17H,13-14H2,1-2H3. The van der Waals surface area contributed by atoms with Crippen molar-refractivity contribution in [1.82, 2.24) is 4.90 Å². The van der Waals surface area contributed by atoms with E-state index in [9.17, 15) is 9.59 Å². The second-order valence-corrected chi connectivity index (χ2v) is 7.19. The quantitative estimate of drug-likeness (QED) is 0.610. The maximum atomic E-state index is 13.5. The molecule has 152 valence electrons. The number of fused-ring (bicyclic) bond motifs is 1. The largest absolute Gasteiger partial charge is 0.493 e. The van der Waals surface area contributed by atoms with E-state index in [4.69, 9.17) is 9.47 Å². The Morgan fingerprint density at radius 2 is 1.53 bits per heavy atom. The van der Waals surface area contributed by atoms with E-state index in [0.717, 1.165) is 23.0 Å². The van der Waals surface area contributed by atoms with E-state index >= 15 is 0 Å². The molecule has 3 aromatic carbocycles. The molecule has 1 unspecified atom stereocenters.